The van der Waals surface area contributed by atoms with Crippen molar-refractivity contribution in [3.8, 4) is 6.07 Å². The van der Waals surface area contributed by atoms with E-state index in [0.29, 0.717) is 16.9 Å². The average molecular weight is 252 g/mol. The number of hydrogen-bond donors (Lipinski definition) is 1. The fourth-order valence-corrected chi connectivity index (χ4v) is 1.56. The minimum absolute atomic E-state index is 0.286. The molecule has 0 aliphatic heterocycles. The molecule has 1 N–H and O–H groups in total. The molecule has 0 unspecified atom stereocenters. The van der Waals surface area contributed by atoms with E-state index in [1.54, 1.807) is 48.3 Å². The van der Waals surface area contributed by atoms with E-state index in [1.807, 2.05) is 6.07 Å². The second-order valence-corrected chi connectivity index (χ2v) is 3.90. The number of benzene rings is 1. The maximum Gasteiger partial charge on any atom is 0.249 e. The molecule has 0 spiro atoms. The summed E-state index contributed by atoms with van der Waals surface area (Å²) in [5.74, 6) is 0.206. The van der Waals surface area contributed by atoms with E-state index in [-0.39, 0.29) is 5.91 Å². The van der Waals surface area contributed by atoms with E-state index in [2.05, 4.69) is 16.5 Å². The number of hydrogen-bond acceptors (Lipinski definition) is 3. The van der Waals surface area contributed by atoms with Gasteiger partial charge in [-0.2, -0.15) is 10.4 Å². The van der Waals surface area contributed by atoms with Crippen molar-refractivity contribution < 1.29 is 4.79 Å². The number of nitriles is 1. The first kappa shape index (κ1) is 12.6. The Morgan fingerprint density at radius 3 is 2.89 bits per heavy atom. The lowest BCUT2D eigenvalue weighted by Gasteiger charge is -1.98. The second-order valence-electron chi connectivity index (χ2n) is 3.90. The number of nitrogens with one attached hydrogen (secondary N) is 1. The minimum atomic E-state index is -0.286. The van der Waals surface area contributed by atoms with Crippen LogP contribution in [0.3, 0.4) is 0 Å². The molecule has 0 radical (unpaired) electrons. The molecule has 0 fully saturated rings. The van der Waals surface area contributed by atoms with E-state index >= 15 is 0 Å². The van der Waals surface area contributed by atoms with Crippen molar-refractivity contribution in [3.05, 3.63) is 53.7 Å². The molecule has 19 heavy (non-hydrogen) atoms. The van der Waals surface area contributed by atoms with Gasteiger partial charge in [-0.25, -0.2) is 0 Å². The lowest BCUT2D eigenvalue weighted by atomic mass is 10.1. The van der Waals surface area contributed by atoms with E-state index in [0.717, 1.165) is 0 Å². The Kier molecular flexibility index (Phi) is 3.74. The SMILES string of the molecule is Cn1ccc(NC(=O)C=Cc2ccccc2C#N)n1. The van der Waals surface area contributed by atoms with Crippen molar-refractivity contribution in [2.45, 2.75) is 0 Å². The first-order valence-electron chi connectivity index (χ1n) is 5.67. The molecule has 2 aromatic rings. The zero-order chi connectivity index (χ0) is 13.7. The van der Waals surface area contributed by atoms with Crippen LogP contribution in [0, 0.1) is 11.3 Å². The third kappa shape index (κ3) is 3.30. The number of amides is 1. The second kappa shape index (κ2) is 5.65. The van der Waals surface area contributed by atoms with Gasteiger partial charge in [-0.3, -0.25) is 9.48 Å². The smallest absolute Gasteiger partial charge is 0.249 e. The van der Waals surface area contributed by atoms with Crippen LogP contribution in [0.4, 0.5) is 5.82 Å². The average Bonchev–Trinajstić information content (AvgIpc) is 2.82. The van der Waals surface area contributed by atoms with E-state index < -0.39 is 0 Å². The van der Waals surface area contributed by atoms with Crippen LogP contribution in [0.5, 0.6) is 0 Å². The number of aromatic nitrogens is 2. The van der Waals surface area contributed by atoms with Crippen molar-refractivity contribution in [1.29, 1.82) is 5.26 Å². The van der Waals surface area contributed by atoms with Crippen LogP contribution < -0.4 is 5.32 Å². The molecule has 94 valence electrons. The maximum absolute atomic E-state index is 11.7. The maximum atomic E-state index is 11.7. The minimum Gasteiger partial charge on any atom is -0.306 e. The van der Waals surface area contributed by atoms with Gasteiger partial charge in [0.15, 0.2) is 5.82 Å². The molecule has 0 atom stereocenters. The molecule has 1 aromatic carbocycles. The molecule has 1 aromatic heterocycles. The lowest BCUT2D eigenvalue weighted by Crippen LogP contribution is -2.08. The van der Waals surface area contributed by atoms with Crippen molar-refractivity contribution in [2.75, 3.05) is 5.32 Å². The molecule has 5 heteroatoms. The molecule has 0 bridgehead atoms. The highest BCUT2D eigenvalue weighted by Gasteiger charge is 2.01. The number of carbonyl (C=O) groups is 1. The normalized spacial score (nSPS) is 10.3. The molecular weight excluding hydrogens is 240 g/mol. The summed E-state index contributed by atoms with van der Waals surface area (Å²) in [7, 11) is 1.77. The molecule has 0 saturated heterocycles. The van der Waals surface area contributed by atoms with Gasteiger partial charge in [0.1, 0.15) is 0 Å². The predicted molar refractivity (Wildman–Crippen MR) is 72.0 cm³/mol. The van der Waals surface area contributed by atoms with Gasteiger partial charge < -0.3 is 5.32 Å². The summed E-state index contributed by atoms with van der Waals surface area (Å²) in [4.78, 5) is 11.7. The van der Waals surface area contributed by atoms with E-state index in [1.165, 1.54) is 6.08 Å². The van der Waals surface area contributed by atoms with Crippen LogP contribution in [-0.4, -0.2) is 15.7 Å². The zero-order valence-corrected chi connectivity index (χ0v) is 10.4. The van der Waals surface area contributed by atoms with Gasteiger partial charge in [0, 0.05) is 25.4 Å². The Morgan fingerprint density at radius 1 is 1.42 bits per heavy atom. The fourth-order valence-electron chi connectivity index (χ4n) is 1.56. The van der Waals surface area contributed by atoms with Gasteiger partial charge in [-0.05, 0) is 17.7 Å². The van der Waals surface area contributed by atoms with Crippen LogP contribution in [0.2, 0.25) is 0 Å². The summed E-state index contributed by atoms with van der Waals surface area (Å²) in [5, 5.41) is 15.6. The molecule has 5 nitrogen and oxygen atoms in total. The highest BCUT2D eigenvalue weighted by Crippen LogP contribution is 2.09. The third-order valence-electron chi connectivity index (χ3n) is 2.46. The van der Waals surface area contributed by atoms with Crippen molar-refractivity contribution in [2.24, 2.45) is 7.05 Å². The number of anilines is 1. The first-order valence-corrected chi connectivity index (χ1v) is 5.67. The Hall–Kier alpha value is -2.87. The summed E-state index contributed by atoms with van der Waals surface area (Å²) < 4.78 is 1.60. The summed E-state index contributed by atoms with van der Waals surface area (Å²) in [6, 6.07) is 10.9. The zero-order valence-electron chi connectivity index (χ0n) is 10.4. The number of carbonyl (C=O) groups excluding carboxylic acids is 1. The van der Waals surface area contributed by atoms with Crippen LogP contribution in [-0.2, 0) is 11.8 Å². The highest BCUT2D eigenvalue weighted by atomic mass is 16.1. The van der Waals surface area contributed by atoms with Gasteiger partial charge in [-0.15, -0.1) is 0 Å². The molecule has 2 rings (SSSR count). The van der Waals surface area contributed by atoms with E-state index in [9.17, 15) is 4.79 Å². The van der Waals surface area contributed by atoms with Crippen LogP contribution in [0.25, 0.3) is 6.08 Å². The Balaban J connectivity index is 2.06. The Bertz CT molecular complexity index is 664. The number of rotatable bonds is 3. The van der Waals surface area contributed by atoms with Gasteiger partial charge in [0.05, 0.1) is 11.6 Å². The largest absolute Gasteiger partial charge is 0.306 e. The molecular formula is C14H12N4O. The van der Waals surface area contributed by atoms with Gasteiger partial charge in [0.25, 0.3) is 0 Å². The fraction of sp³-hybridized carbons (Fsp3) is 0.0714. The molecule has 0 aliphatic rings. The summed E-state index contributed by atoms with van der Waals surface area (Å²) >= 11 is 0. The van der Waals surface area contributed by atoms with Gasteiger partial charge in [0.2, 0.25) is 5.91 Å². The van der Waals surface area contributed by atoms with Crippen LogP contribution in [0.15, 0.2) is 42.6 Å². The molecule has 1 amide bonds. The van der Waals surface area contributed by atoms with Gasteiger partial charge >= 0.3 is 0 Å². The van der Waals surface area contributed by atoms with Crippen molar-refractivity contribution in [1.82, 2.24) is 9.78 Å². The van der Waals surface area contributed by atoms with Crippen molar-refractivity contribution in [3.63, 3.8) is 0 Å². The van der Waals surface area contributed by atoms with Gasteiger partial charge in [-0.1, -0.05) is 18.2 Å². The summed E-state index contributed by atoms with van der Waals surface area (Å²) in [5.41, 5.74) is 1.24. The predicted octanol–water partition coefficient (Wildman–Crippen LogP) is 1.94. The first-order chi connectivity index (χ1) is 9.19. The van der Waals surface area contributed by atoms with Crippen molar-refractivity contribution >= 4 is 17.8 Å². The Labute approximate surface area is 110 Å². The monoisotopic (exact) mass is 252 g/mol. The topological polar surface area (TPSA) is 70.7 Å². The van der Waals surface area contributed by atoms with Crippen LogP contribution >= 0.6 is 0 Å². The Morgan fingerprint density at radius 2 is 2.21 bits per heavy atom. The standard InChI is InChI=1S/C14H12N4O/c1-18-9-8-13(17-18)16-14(19)7-6-11-4-2-3-5-12(11)10-15/h2-9H,1H3,(H,16,17,19). The third-order valence-corrected chi connectivity index (χ3v) is 2.46. The quantitative estimate of drug-likeness (QED) is 0.848. The molecule has 0 saturated carbocycles. The summed E-state index contributed by atoms with van der Waals surface area (Å²) in [6.45, 7) is 0. The molecule has 0 aliphatic carbocycles. The number of aryl methyl sites for hydroxylation is 1. The van der Waals surface area contributed by atoms with Crippen LogP contribution in [0.1, 0.15) is 11.1 Å². The van der Waals surface area contributed by atoms with E-state index in [4.69, 9.17) is 5.26 Å². The lowest BCUT2D eigenvalue weighted by molar-refractivity contribution is -0.111. The highest BCUT2D eigenvalue weighted by molar-refractivity contribution is 6.01. The number of nitrogens with zero attached hydrogens (tertiary/aromatic N) is 3. The molecule has 1 heterocycles. The summed E-state index contributed by atoms with van der Waals surface area (Å²) in [6.07, 6.45) is 4.73.